The molecular weight excluding hydrogens is 280 g/mol. The maximum atomic E-state index is 11.7. The van der Waals surface area contributed by atoms with Gasteiger partial charge in [0.1, 0.15) is 5.92 Å². The Morgan fingerprint density at radius 2 is 1.58 bits per heavy atom. The number of carbonyl (C=O) groups is 4. The van der Waals surface area contributed by atoms with Gasteiger partial charge in [0.25, 0.3) is 0 Å². The fourth-order valence-electron chi connectivity index (χ4n) is 1.46. The molecule has 8 heteroatoms. The summed E-state index contributed by atoms with van der Waals surface area (Å²) < 4.78 is 13.3. The maximum Gasteiger partial charge on any atom is 0.335 e. The summed E-state index contributed by atoms with van der Waals surface area (Å²) in [6.45, 7) is 1.01. The van der Waals surface area contributed by atoms with Crippen molar-refractivity contribution in [2.24, 2.45) is 5.92 Å². The molecule has 2 atom stereocenters. The van der Waals surface area contributed by atoms with Crippen LogP contribution in [0.2, 0.25) is 0 Å². The van der Waals surface area contributed by atoms with Crippen LogP contribution in [0.5, 0.6) is 0 Å². The summed E-state index contributed by atoms with van der Waals surface area (Å²) >= 11 is 5.93. The first-order valence-corrected chi connectivity index (χ1v) is 5.56. The molecule has 0 aliphatic heterocycles. The summed E-state index contributed by atoms with van der Waals surface area (Å²) in [5.41, 5.74) is 0. The number of ether oxygens (including phenoxy) is 3. The van der Waals surface area contributed by atoms with E-state index in [9.17, 15) is 19.2 Å². The van der Waals surface area contributed by atoms with Gasteiger partial charge in [-0.05, 0) is 6.92 Å². The van der Waals surface area contributed by atoms with Gasteiger partial charge in [0.15, 0.2) is 5.78 Å². The van der Waals surface area contributed by atoms with Crippen molar-refractivity contribution in [3.63, 3.8) is 0 Å². The molecule has 0 spiro atoms. The Balaban J connectivity index is 5.62. The third kappa shape index (κ3) is 3.66. The second kappa shape index (κ2) is 7.08. The van der Waals surface area contributed by atoms with Crippen LogP contribution in [0, 0.1) is 5.92 Å². The van der Waals surface area contributed by atoms with E-state index in [1.165, 1.54) is 0 Å². The molecule has 19 heavy (non-hydrogen) atoms. The average Bonchev–Trinajstić information content (AvgIpc) is 2.41. The predicted molar refractivity (Wildman–Crippen MR) is 63.4 cm³/mol. The largest absolute Gasteiger partial charge is 0.469 e. The molecule has 0 aliphatic rings. The fraction of sp³-hybridized carbons (Fsp3) is 0.636. The molecule has 7 nitrogen and oxygen atoms in total. The molecule has 0 saturated carbocycles. The summed E-state index contributed by atoms with van der Waals surface area (Å²) in [4.78, 5) is 43.9. The molecule has 0 aromatic heterocycles. The molecule has 0 radical (unpaired) electrons. The van der Waals surface area contributed by atoms with Gasteiger partial charge in [-0.3, -0.25) is 14.4 Å². The first-order chi connectivity index (χ1) is 8.75. The highest BCUT2D eigenvalue weighted by molar-refractivity contribution is 6.47. The molecule has 0 N–H and O–H groups in total. The number of rotatable bonds is 6. The van der Waals surface area contributed by atoms with Gasteiger partial charge in [0.2, 0.25) is 4.87 Å². The van der Waals surface area contributed by atoms with Crippen LogP contribution >= 0.6 is 11.6 Å². The van der Waals surface area contributed by atoms with Crippen molar-refractivity contribution in [1.29, 1.82) is 0 Å². The van der Waals surface area contributed by atoms with Gasteiger partial charge in [-0.15, -0.1) is 0 Å². The monoisotopic (exact) mass is 294 g/mol. The lowest BCUT2D eigenvalue weighted by Gasteiger charge is -2.27. The Hall–Kier alpha value is -1.63. The first-order valence-electron chi connectivity index (χ1n) is 5.18. The van der Waals surface area contributed by atoms with Crippen LogP contribution in [0.3, 0.4) is 0 Å². The van der Waals surface area contributed by atoms with Crippen molar-refractivity contribution in [3.05, 3.63) is 0 Å². The molecule has 0 aliphatic carbocycles. The number of methoxy groups -OCH3 is 3. The number of hydrogen-bond donors (Lipinski definition) is 0. The van der Waals surface area contributed by atoms with Gasteiger partial charge < -0.3 is 14.2 Å². The molecule has 2 unspecified atom stereocenters. The number of esters is 3. The van der Waals surface area contributed by atoms with E-state index in [0.29, 0.717) is 0 Å². The number of halogens is 1. The van der Waals surface area contributed by atoms with Crippen LogP contribution in [-0.2, 0) is 33.4 Å². The van der Waals surface area contributed by atoms with Gasteiger partial charge in [0.05, 0.1) is 27.8 Å². The number of carbonyl (C=O) groups excluding carboxylic acids is 4. The van der Waals surface area contributed by atoms with Crippen LogP contribution < -0.4 is 0 Å². The molecule has 0 rings (SSSR count). The van der Waals surface area contributed by atoms with Crippen molar-refractivity contribution in [2.75, 3.05) is 21.3 Å². The Labute approximate surface area is 115 Å². The lowest BCUT2D eigenvalue weighted by Crippen LogP contribution is -2.51. The van der Waals surface area contributed by atoms with E-state index in [1.54, 1.807) is 0 Å². The number of hydrogen-bond acceptors (Lipinski definition) is 7. The van der Waals surface area contributed by atoms with Gasteiger partial charge in [-0.25, -0.2) is 4.79 Å². The van der Waals surface area contributed by atoms with Crippen LogP contribution in [-0.4, -0.2) is 49.9 Å². The third-order valence-corrected chi connectivity index (χ3v) is 3.24. The van der Waals surface area contributed by atoms with Crippen molar-refractivity contribution in [2.45, 2.75) is 18.2 Å². The van der Waals surface area contributed by atoms with Gasteiger partial charge in [-0.1, -0.05) is 11.6 Å². The lowest BCUT2D eigenvalue weighted by molar-refractivity contribution is -0.161. The lowest BCUT2D eigenvalue weighted by atomic mass is 9.85. The molecule has 108 valence electrons. The maximum absolute atomic E-state index is 11.7. The summed E-state index contributed by atoms with van der Waals surface area (Å²) in [6, 6.07) is 0. The van der Waals surface area contributed by atoms with Crippen molar-refractivity contribution >= 4 is 35.3 Å². The highest BCUT2D eigenvalue weighted by atomic mass is 35.5. The SMILES string of the molecule is COC(=O)CC(C(=O)OC)C(Cl)(C(C)=O)C(=O)OC. The quantitative estimate of drug-likeness (QED) is 0.296. The third-order valence-electron chi connectivity index (χ3n) is 2.56. The van der Waals surface area contributed by atoms with E-state index in [2.05, 4.69) is 14.2 Å². The molecule has 0 fully saturated rings. The van der Waals surface area contributed by atoms with E-state index in [1.807, 2.05) is 0 Å². The molecule has 0 amide bonds. The second-order valence-corrected chi connectivity index (χ2v) is 4.21. The first kappa shape index (κ1) is 17.4. The highest BCUT2D eigenvalue weighted by Gasteiger charge is 2.54. The predicted octanol–water partition coefficient (Wildman–Crippen LogP) is 0.0783. The summed E-state index contributed by atoms with van der Waals surface area (Å²) in [6.07, 6.45) is -0.582. The Kier molecular flexibility index (Phi) is 6.47. The molecule has 0 heterocycles. The zero-order chi connectivity index (χ0) is 15.2. The van der Waals surface area contributed by atoms with Gasteiger partial charge >= 0.3 is 17.9 Å². The fourth-order valence-corrected chi connectivity index (χ4v) is 1.70. The molecule has 0 aromatic rings. The highest BCUT2D eigenvalue weighted by Crippen LogP contribution is 2.32. The molecule has 0 bridgehead atoms. The van der Waals surface area contributed by atoms with Crippen molar-refractivity contribution < 1.29 is 33.4 Å². The van der Waals surface area contributed by atoms with Crippen LogP contribution in [0.4, 0.5) is 0 Å². The van der Waals surface area contributed by atoms with E-state index >= 15 is 0 Å². The zero-order valence-electron chi connectivity index (χ0n) is 11.0. The average molecular weight is 295 g/mol. The zero-order valence-corrected chi connectivity index (χ0v) is 11.8. The number of alkyl halides is 1. The number of Topliss-reactive ketones (excluding diaryl/α,β-unsaturated/α-hetero) is 1. The minimum Gasteiger partial charge on any atom is -0.469 e. The number of ketones is 1. The standard InChI is InChI=1S/C11H15ClO7/c1-6(13)11(12,10(16)19-4)7(9(15)18-3)5-8(14)17-2/h7H,5H2,1-4H3. The van der Waals surface area contributed by atoms with E-state index in [0.717, 1.165) is 28.3 Å². The Bertz CT molecular complexity index is 393. The van der Waals surface area contributed by atoms with Crippen molar-refractivity contribution in [1.82, 2.24) is 0 Å². The summed E-state index contributed by atoms with van der Waals surface area (Å²) in [5.74, 6) is -5.30. The van der Waals surface area contributed by atoms with Crippen LogP contribution in [0.25, 0.3) is 0 Å². The topological polar surface area (TPSA) is 96.0 Å². The van der Waals surface area contributed by atoms with E-state index < -0.39 is 40.9 Å². The molecule has 0 aromatic carbocycles. The van der Waals surface area contributed by atoms with Gasteiger partial charge in [-0.2, -0.15) is 0 Å². The minimum atomic E-state index is -2.32. The van der Waals surface area contributed by atoms with Crippen LogP contribution in [0.15, 0.2) is 0 Å². The molecule has 0 saturated heterocycles. The molecular formula is C11H15ClO7. The second-order valence-electron chi connectivity index (χ2n) is 3.62. The Morgan fingerprint density at radius 1 is 1.05 bits per heavy atom. The van der Waals surface area contributed by atoms with E-state index in [-0.39, 0.29) is 0 Å². The Morgan fingerprint density at radius 3 is 1.89 bits per heavy atom. The summed E-state index contributed by atoms with van der Waals surface area (Å²) in [5, 5.41) is 0. The normalized spacial score (nSPS) is 14.8. The summed E-state index contributed by atoms with van der Waals surface area (Å²) in [7, 11) is 3.15. The van der Waals surface area contributed by atoms with Crippen LogP contribution in [0.1, 0.15) is 13.3 Å². The van der Waals surface area contributed by atoms with Crippen molar-refractivity contribution in [3.8, 4) is 0 Å². The minimum absolute atomic E-state index is 0.582. The van der Waals surface area contributed by atoms with E-state index in [4.69, 9.17) is 11.6 Å². The van der Waals surface area contributed by atoms with Gasteiger partial charge in [0, 0.05) is 0 Å². The smallest absolute Gasteiger partial charge is 0.335 e.